The van der Waals surface area contributed by atoms with Gasteiger partial charge in [0, 0.05) is 31.5 Å². The van der Waals surface area contributed by atoms with Crippen molar-refractivity contribution in [2.24, 2.45) is 0 Å². The van der Waals surface area contributed by atoms with Crippen LogP contribution < -0.4 is 16.0 Å². The summed E-state index contributed by atoms with van der Waals surface area (Å²) < 4.78 is 4.93. The van der Waals surface area contributed by atoms with E-state index in [-0.39, 0.29) is 18.4 Å². The summed E-state index contributed by atoms with van der Waals surface area (Å²) in [5, 5.41) is 8.69. The van der Waals surface area contributed by atoms with Crippen LogP contribution in [-0.2, 0) is 9.53 Å². The Bertz CT molecular complexity index is 492. The number of carbonyl (C=O) groups is 2. The number of amides is 2. The van der Waals surface area contributed by atoms with Crippen LogP contribution in [0, 0.1) is 0 Å². The second kappa shape index (κ2) is 11.6. The Morgan fingerprint density at radius 1 is 1.17 bits per heavy atom. The minimum atomic E-state index is -0.154. The van der Waals surface area contributed by atoms with E-state index < -0.39 is 0 Å². The van der Waals surface area contributed by atoms with Crippen molar-refractivity contribution >= 4 is 17.5 Å². The van der Waals surface area contributed by atoms with Gasteiger partial charge >= 0.3 is 0 Å². The van der Waals surface area contributed by atoms with Crippen LogP contribution in [0.4, 0.5) is 5.69 Å². The van der Waals surface area contributed by atoms with E-state index in [2.05, 4.69) is 22.9 Å². The lowest BCUT2D eigenvalue weighted by atomic mass is 10.2. The van der Waals surface area contributed by atoms with Crippen molar-refractivity contribution in [1.82, 2.24) is 10.6 Å². The first-order valence-corrected chi connectivity index (χ1v) is 8.05. The SMILES string of the molecule is CCCCNCC(=O)Nc1cccc(C(=O)NCCCOC)c1. The molecule has 6 heteroatoms. The molecule has 1 aromatic rings. The number of methoxy groups -OCH3 is 1. The van der Waals surface area contributed by atoms with Gasteiger partial charge in [-0.3, -0.25) is 9.59 Å². The van der Waals surface area contributed by atoms with E-state index in [0.29, 0.717) is 24.4 Å². The van der Waals surface area contributed by atoms with E-state index in [1.165, 1.54) is 0 Å². The normalized spacial score (nSPS) is 10.3. The van der Waals surface area contributed by atoms with Gasteiger partial charge in [-0.05, 0) is 37.6 Å². The number of anilines is 1. The number of carbonyl (C=O) groups excluding carboxylic acids is 2. The lowest BCUT2D eigenvalue weighted by molar-refractivity contribution is -0.115. The molecule has 0 radical (unpaired) electrons. The van der Waals surface area contributed by atoms with E-state index in [9.17, 15) is 9.59 Å². The van der Waals surface area contributed by atoms with Gasteiger partial charge in [-0.15, -0.1) is 0 Å². The molecule has 0 unspecified atom stereocenters. The summed E-state index contributed by atoms with van der Waals surface area (Å²) in [4.78, 5) is 23.8. The molecule has 0 aliphatic carbocycles. The maximum absolute atomic E-state index is 12.0. The summed E-state index contributed by atoms with van der Waals surface area (Å²) in [6, 6.07) is 6.92. The highest BCUT2D eigenvalue weighted by atomic mass is 16.5. The largest absolute Gasteiger partial charge is 0.385 e. The molecular formula is C17H27N3O3. The number of hydrogen-bond donors (Lipinski definition) is 3. The third kappa shape index (κ3) is 8.32. The van der Waals surface area contributed by atoms with E-state index in [1.54, 1.807) is 31.4 Å². The number of unbranched alkanes of at least 4 members (excludes halogenated alkanes) is 1. The third-order valence-corrected chi connectivity index (χ3v) is 3.21. The Morgan fingerprint density at radius 3 is 2.74 bits per heavy atom. The molecule has 0 aromatic heterocycles. The monoisotopic (exact) mass is 321 g/mol. The fraction of sp³-hybridized carbons (Fsp3) is 0.529. The minimum absolute atomic E-state index is 0.112. The van der Waals surface area contributed by atoms with E-state index in [0.717, 1.165) is 25.8 Å². The van der Waals surface area contributed by atoms with Gasteiger partial charge in [0.2, 0.25) is 5.91 Å². The van der Waals surface area contributed by atoms with Crippen LogP contribution >= 0.6 is 0 Å². The van der Waals surface area contributed by atoms with Crippen molar-refractivity contribution in [1.29, 1.82) is 0 Å². The van der Waals surface area contributed by atoms with Gasteiger partial charge in [0.15, 0.2) is 0 Å². The van der Waals surface area contributed by atoms with Crippen molar-refractivity contribution in [2.45, 2.75) is 26.2 Å². The van der Waals surface area contributed by atoms with Crippen LogP contribution in [-0.4, -0.2) is 45.2 Å². The molecule has 0 atom stereocenters. The highest BCUT2D eigenvalue weighted by Gasteiger charge is 2.07. The first-order chi connectivity index (χ1) is 11.2. The molecule has 0 bridgehead atoms. The predicted molar refractivity (Wildman–Crippen MR) is 91.7 cm³/mol. The molecule has 0 aliphatic heterocycles. The van der Waals surface area contributed by atoms with E-state index in [1.807, 2.05) is 0 Å². The van der Waals surface area contributed by atoms with Crippen molar-refractivity contribution in [3.8, 4) is 0 Å². The third-order valence-electron chi connectivity index (χ3n) is 3.21. The Hall–Kier alpha value is -1.92. The molecule has 1 aromatic carbocycles. The molecule has 0 heterocycles. The summed E-state index contributed by atoms with van der Waals surface area (Å²) >= 11 is 0. The van der Waals surface area contributed by atoms with Crippen LogP contribution in [0.1, 0.15) is 36.5 Å². The maximum Gasteiger partial charge on any atom is 0.251 e. The molecule has 0 aliphatic rings. The second-order valence-corrected chi connectivity index (χ2v) is 5.26. The molecule has 3 N–H and O–H groups in total. The molecule has 0 fully saturated rings. The van der Waals surface area contributed by atoms with Gasteiger partial charge < -0.3 is 20.7 Å². The van der Waals surface area contributed by atoms with Gasteiger partial charge in [-0.2, -0.15) is 0 Å². The Kier molecular flexibility index (Phi) is 9.66. The lowest BCUT2D eigenvalue weighted by Crippen LogP contribution is -2.29. The van der Waals surface area contributed by atoms with Gasteiger partial charge in [-0.1, -0.05) is 19.4 Å². The average molecular weight is 321 g/mol. The highest BCUT2D eigenvalue weighted by Crippen LogP contribution is 2.10. The zero-order valence-corrected chi connectivity index (χ0v) is 14.0. The standard InChI is InChI=1S/C17H27N3O3/c1-3-4-9-18-13-16(21)20-15-8-5-7-14(12-15)17(22)19-10-6-11-23-2/h5,7-8,12,18H,3-4,6,9-11,13H2,1-2H3,(H,19,22)(H,20,21). The molecule has 128 valence electrons. The Balaban J connectivity index is 2.43. The Labute approximate surface area is 138 Å². The molecule has 1 rings (SSSR count). The van der Waals surface area contributed by atoms with Gasteiger partial charge in [0.1, 0.15) is 0 Å². The predicted octanol–water partition coefficient (Wildman–Crippen LogP) is 1.78. The maximum atomic E-state index is 12.0. The van der Waals surface area contributed by atoms with Crippen LogP contribution in [0.25, 0.3) is 0 Å². The topological polar surface area (TPSA) is 79.5 Å². The van der Waals surface area contributed by atoms with Crippen molar-refractivity contribution in [2.75, 3.05) is 38.7 Å². The minimum Gasteiger partial charge on any atom is -0.385 e. The van der Waals surface area contributed by atoms with Crippen LogP contribution in [0.15, 0.2) is 24.3 Å². The number of ether oxygens (including phenoxy) is 1. The van der Waals surface area contributed by atoms with Crippen LogP contribution in [0.3, 0.4) is 0 Å². The first-order valence-electron chi connectivity index (χ1n) is 8.05. The fourth-order valence-electron chi connectivity index (χ4n) is 1.97. The first kappa shape index (κ1) is 19.1. The number of benzene rings is 1. The average Bonchev–Trinajstić information content (AvgIpc) is 2.55. The van der Waals surface area contributed by atoms with Gasteiger partial charge in [0.05, 0.1) is 6.54 Å². The molecule has 23 heavy (non-hydrogen) atoms. The molecule has 0 saturated heterocycles. The molecule has 0 saturated carbocycles. The highest BCUT2D eigenvalue weighted by molar-refractivity contribution is 5.97. The summed E-state index contributed by atoms with van der Waals surface area (Å²) in [5.74, 6) is -0.267. The van der Waals surface area contributed by atoms with Crippen LogP contribution in [0.2, 0.25) is 0 Å². The van der Waals surface area contributed by atoms with Crippen molar-refractivity contribution in [3.05, 3.63) is 29.8 Å². The Morgan fingerprint density at radius 2 is 2.00 bits per heavy atom. The van der Waals surface area contributed by atoms with E-state index in [4.69, 9.17) is 4.74 Å². The summed E-state index contributed by atoms with van der Waals surface area (Å²) in [7, 11) is 1.63. The fourth-order valence-corrected chi connectivity index (χ4v) is 1.97. The van der Waals surface area contributed by atoms with E-state index >= 15 is 0 Å². The van der Waals surface area contributed by atoms with Crippen LogP contribution in [0.5, 0.6) is 0 Å². The zero-order valence-electron chi connectivity index (χ0n) is 14.0. The smallest absolute Gasteiger partial charge is 0.251 e. The lowest BCUT2D eigenvalue weighted by Gasteiger charge is -2.09. The van der Waals surface area contributed by atoms with Gasteiger partial charge in [-0.25, -0.2) is 0 Å². The summed E-state index contributed by atoms with van der Waals surface area (Å²) in [6.07, 6.45) is 2.91. The van der Waals surface area contributed by atoms with Crippen molar-refractivity contribution in [3.63, 3.8) is 0 Å². The number of nitrogens with one attached hydrogen (secondary N) is 3. The molecule has 0 spiro atoms. The summed E-state index contributed by atoms with van der Waals surface area (Å²) in [6.45, 7) is 4.38. The zero-order chi connectivity index (χ0) is 16.9. The number of hydrogen-bond acceptors (Lipinski definition) is 4. The molecule has 2 amide bonds. The molecular weight excluding hydrogens is 294 g/mol. The summed E-state index contributed by atoms with van der Waals surface area (Å²) in [5.41, 5.74) is 1.15. The van der Waals surface area contributed by atoms with Crippen molar-refractivity contribution < 1.29 is 14.3 Å². The van der Waals surface area contributed by atoms with Gasteiger partial charge in [0.25, 0.3) is 5.91 Å². The number of rotatable bonds is 11. The quantitative estimate of drug-likeness (QED) is 0.543. The molecule has 6 nitrogen and oxygen atoms in total. The second-order valence-electron chi connectivity index (χ2n) is 5.26.